The Labute approximate surface area is 162 Å². The molecule has 6 heteroatoms. The normalized spacial score (nSPS) is 10.9. The maximum absolute atomic E-state index is 12.8. The Kier molecular flexibility index (Phi) is 6.79. The van der Waals surface area contributed by atoms with E-state index in [1.807, 2.05) is 43.3 Å². The Morgan fingerprint density at radius 1 is 1.19 bits per heavy atom. The molecule has 0 radical (unpaired) electrons. The van der Waals surface area contributed by atoms with Crippen LogP contribution in [0.25, 0.3) is 11.0 Å². The first-order valence-corrected chi connectivity index (χ1v) is 9.73. The van der Waals surface area contributed by atoms with Crippen molar-refractivity contribution in [1.82, 2.24) is 0 Å². The number of methoxy groups -OCH3 is 1. The smallest absolute Gasteiger partial charge is 0.342 e. The zero-order valence-electron chi connectivity index (χ0n) is 15.4. The molecule has 0 atom stereocenters. The van der Waals surface area contributed by atoms with Crippen molar-refractivity contribution in [2.75, 3.05) is 20.5 Å². The van der Waals surface area contributed by atoms with Crippen molar-refractivity contribution in [3.05, 3.63) is 59.9 Å². The largest absolute Gasteiger partial charge is 0.467 e. The van der Waals surface area contributed by atoms with Crippen LogP contribution in [0.15, 0.2) is 58.0 Å². The third-order valence-corrected chi connectivity index (χ3v) is 4.97. The van der Waals surface area contributed by atoms with Gasteiger partial charge in [-0.1, -0.05) is 25.1 Å². The topological polar surface area (TPSA) is 57.9 Å². The molecule has 0 spiro atoms. The van der Waals surface area contributed by atoms with Gasteiger partial charge in [0, 0.05) is 29.2 Å². The van der Waals surface area contributed by atoms with E-state index < -0.39 is 5.97 Å². The Morgan fingerprint density at radius 2 is 2.00 bits per heavy atom. The van der Waals surface area contributed by atoms with E-state index in [-0.39, 0.29) is 6.79 Å². The van der Waals surface area contributed by atoms with Crippen molar-refractivity contribution >= 4 is 28.7 Å². The third kappa shape index (κ3) is 4.64. The number of furan rings is 1. The Morgan fingerprint density at radius 3 is 2.74 bits per heavy atom. The number of thioether (sulfide) groups is 1. The molecular weight excluding hydrogens is 364 g/mol. The van der Waals surface area contributed by atoms with Gasteiger partial charge < -0.3 is 18.6 Å². The molecule has 142 valence electrons. The first kappa shape index (κ1) is 19.3. The highest BCUT2D eigenvalue weighted by molar-refractivity contribution is 7.98. The van der Waals surface area contributed by atoms with Crippen molar-refractivity contribution in [3.8, 4) is 5.75 Å². The van der Waals surface area contributed by atoms with Crippen molar-refractivity contribution in [3.63, 3.8) is 0 Å². The zero-order chi connectivity index (χ0) is 19.1. The third-order valence-electron chi connectivity index (χ3n) is 3.93. The number of esters is 1. The summed E-state index contributed by atoms with van der Waals surface area (Å²) in [4.78, 5) is 13.9. The number of benzene rings is 2. The van der Waals surface area contributed by atoms with Crippen LogP contribution in [0.3, 0.4) is 0 Å². The van der Waals surface area contributed by atoms with Crippen molar-refractivity contribution < 1.29 is 23.4 Å². The number of rotatable bonds is 9. The van der Waals surface area contributed by atoms with Crippen LogP contribution in [-0.4, -0.2) is 26.5 Å². The summed E-state index contributed by atoms with van der Waals surface area (Å²) < 4.78 is 21.7. The van der Waals surface area contributed by atoms with Gasteiger partial charge in [0.15, 0.2) is 6.79 Å². The summed E-state index contributed by atoms with van der Waals surface area (Å²) in [5.41, 5.74) is 1.93. The summed E-state index contributed by atoms with van der Waals surface area (Å²) >= 11 is 1.64. The lowest BCUT2D eigenvalue weighted by Gasteiger charge is -2.15. The van der Waals surface area contributed by atoms with Crippen LogP contribution in [0.4, 0.5) is 0 Å². The van der Waals surface area contributed by atoms with Crippen LogP contribution in [0.2, 0.25) is 0 Å². The Hall–Kier alpha value is -2.44. The highest BCUT2D eigenvalue weighted by Crippen LogP contribution is 2.36. The standard InChI is InChI=1S/C21H22O5S/c1-3-10-25-21(22)20-17(13-27-15-7-5-4-6-8-15)16-9-11-24-18(16)12-19(20)26-14-23-2/h4-9,11-12H,3,10,13-14H2,1-2H3. The Bertz CT molecular complexity index is 888. The number of carbonyl (C=O) groups is 1. The predicted octanol–water partition coefficient (Wildman–Crippen LogP) is 5.27. The number of fused-ring (bicyclic) bond motifs is 1. The van der Waals surface area contributed by atoms with Gasteiger partial charge in [-0.15, -0.1) is 11.8 Å². The minimum absolute atomic E-state index is 0.0333. The highest BCUT2D eigenvalue weighted by Gasteiger charge is 2.23. The number of ether oxygens (including phenoxy) is 3. The van der Waals surface area contributed by atoms with Crippen LogP contribution >= 0.6 is 11.8 Å². The molecule has 0 fully saturated rings. The van der Waals surface area contributed by atoms with E-state index in [1.165, 1.54) is 7.11 Å². The molecule has 1 aromatic heterocycles. The fourth-order valence-corrected chi connectivity index (χ4v) is 3.67. The van der Waals surface area contributed by atoms with Crippen molar-refractivity contribution in [2.24, 2.45) is 0 Å². The SMILES string of the molecule is CCCOC(=O)c1c(OCOC)cc2occc2c1CSc1ccccc1. The van der Waals surface area contributed by atoms with E-state index >= 15 is 0 Å². The fourth-order valence-electron chi connectivity index (χ4n) is 2.71. The first-order chi connectivity index (χ1) is 13.2. The summed E-state index contributed by atoms with van der Waals surface area (Å²) in [6, 6.07) is 13.6. The molecule has 3 rings (SSSR count). The molecule has 3 aromatic rings. The van der Waals surface area contributed by atoms with Gasteiger partial charge in [0.25, 0.3) is 0 Å². The van der Waals surface area contributed by atoms with E-state index in [1.54, 1.807) is 24.1 Å². The van der Waals surface area contributed by atoms with Gasteiger partial charge in [-0.2, -0.15) is 0 Å². The maximum atomic E-state index is 12.8. The van der Waals surface area contributed by atoms with Gasteiger partial charge >= 0.3 is 5.97 Å². The molecule has 0 N–H and O–H groups in total. The summed E-state index contributed by atoms with van der Waals surface area (Å²) in [6.45, 7) is 2.35. The van der Waals surface area contributed by atoms with Gasteiger partial charge in [0.2, 0.25) is 0 Å². The second-order valence-electron chi connectivity index (χ2n) is 5.85. The van der Waals surface area contributed by atoms with Crippen LogP contribution in [-0.2, 0) is 15.2 Å². The molecule has 0 unspecified atom stereocenters. The molecule has 0 aliphatic carbocycles. The molecule has 0 saturated carbocycles. The van der Waals surface area contributed by atoms with Gasteiger partial charge in [0.05, 0.1) is 12.9 Å². The van der Waals surface area contributed by atoms with Crippen molar-refractivity contribution in [1.29, 1.82) is 0 Å². The lowest BCUT2D eigenvalue weighted by Crippen LogP contribution is -2.13. The molecule has 0 amide bonds. The molecule has 0 bridgehead atoms. The van der Waals surface area contributed by atoms with Crippen LogP contribution in [0.1, 0.15) is 29.3 Å². The quantitative estimate of drug-likeness (QED) is 0.283. The minimum Gasteiger partial charge on any atom is -0.467 e. The molecular formula is C21H22O5S. The molecule has 0 saturated heterocycles. The van der Waals surface area contributed by atoms with Crippen LogP contribution < -0.4 is 4.74 Å². The summed E-state index contributed by atoms with van der Waals surface area (Å²) in [5, 5.41) is 0.881. The second-order valence-corrected chi connectivity index (χ2v) is 6.90. The van der Waals surface area contributed by atoms with E-state index in [2.05, 4.69) is 0 Å². The summed E-state index contributed by atoms with van der Waals surface area (Å²) in [6.07, 6.45) is 2.37. The van der Waals surface area contributed by atoms with E-state index in [0.717, 1.165) is 22.3 Å². The fraction of sp³-hybridized carbons (Fsp3) is 0.286. The lowest BCUT2D eigenvalue weighted by atomic mass is 10.0. The number of hydrogen-bond donors (Lipinski definition) is 0. The van der Waals surface area contributed by atoms with Gasteiger partial charge in [-0.25, -0.2) is 4.79 Å². The number of hydrogen-bond acceptors (Lipinski definition) is 6. The maximum Gasteiger partial charge on any atom is 0.342 e. The van der Waals surface area contributed by atoms with E-state index in [4.69, 9.17) is 18.6 Å². The molecule has 5 nitrogen and oxygen atoms in total. The highest BCUT2D eigenvalue weighted by atomic mass is 32.2. The van der Waals surface area contributed by atoms with Gasteiger partial charge in [-0.05, 0) is 30.2 Å². The molecule has 2 aromatic carbocycles. The zero-order valence-corrected chi connectivity index (χ0v) is 16.2. The van der Waals surface area contributed by atoms with E-state index in [0.29, 0.717) is 29.3 Å². The number of carbonyl (C=O) groups excluding carboxylic acids is 1. The monoisotopic (exact) mass is 386 g/mol. The average Bonchev–Trinajstić information content (AvgIpc) is 3.17. The van der Waals surface area contributed by atoms with Crippen LogP contribution in [0.5, 0.6) is 5.75 Å². The average molecular weight is 386 g/mol. The van der Waals surface area contributed by atoms with Gasteiger partial charge in [-0.3, -0.25) is 0 Å². The predicted molar refractivity (Wildman–Crippen MR) is 105 cm³/mol. The van der Waals surface area contributed by atoms with E-state index in [9.17, 15) is 4.79 Å². The van der Waals surface area contributed by atoms with Crippen molar-refractivity contribution in [2.45, 2.75) is 24.0 Å². The molecule has 0 aliphatic heterocycles. The molecule has 27 heavy (non-hydrogen) atoms. The first-order valence-electron chi connectivity index (χ1n) is 8.74. The minimum atomic E-state index is -0.394. The summed E-state index contributed by atoms with van der Waals surface area (Å²) in [5.74, 6) is 0.597. The molecule has 1 heterocycles. The molecule has 0 aliphatic rings. The second kappa shape index (κ2) is 9.48. The summed E-state index contributed by atoms with van der Waals surface area (Å²) in [7, 11) is 1.53. The Balaban J connectivity index is 2.03. The van der Waals surface area contributed by atoms with Crippen LogP contribution in [0, 0.1) is 0 Å². The van der Waals surface area contributed by atoms with Gasteiger partial charge in [0.1, 0.15) is 16.9 Å². The lowest BCUT2D eigenvalue weighted by molar-refractivity contribution is 0.0427.